The molecule has 0 heterocycles. The van der Waals surface area contributed by atoms with Crippen LogP contribution in [0.5, 0.6) is 0 Å². The molecule has 0 radical (unpaired) electrons. The highest BCUT2D eigenvalue weighted by Gasteiger charge is 2.13. The molecule has 0 saturated carbocycles. The van der Waals surface area contributed by atoms with Gasteiger partial charge < -0.3 is 16.4 Å². The Morgan fingerprint density at radius 1 is 0.889 bits per heavy atom. The van der Waals surface area contributed by atoms with Crippen molar-refractivity contribution in [1.82, 2.24) is 0 Å². The van der Waals surface area contributed by atoms with Crippen LogP contribution in [0.15, 0.2) is 78.9 Å². The SMILES string of the molecule is CC(C)(N)Cc1cccc(NC(=O)Nc2ccccc2-c2ccccc2)c1. The second kappa shape index (κ2) is 8.06. The van der Waals surface area contributed by atoms with E-state index in [0.29, 0.717) is 0 Å². The van der Waals surface area contributed by atoms with Crippen LogP contribution in [-0.4, -0.2) is 11.6 Å². The van der Waals surface area contributed by atoms with Crippen LogP contribution in [0.1, 0.15) is 19.4 Å². The van der Waals surface area contributed by atoms with Crippen molar-refractivity contribution in [2.24, 2.45) is 5.73 Å². The van der Waals surface area contributed by atoms with Crippen LogP contribution in [-0.2, 0) is 6.42 Å². The van der Waals surface area contributed by atoms with Crippen LogP contribution < -0.4 is 16.4 Å². The van der Waals surface area contributed by atoms with Crippen LogP contribution in [0.4, 0.5) is 16.2 Å². The topological polar surface area (TPSA) is 67.1 Å². The standard InChI is InChI=1S/C23H25N3O/c1-23(2,24)16-17-9-8-12-19(15-17)25-22(27)26-21-14-7-6-13-20(21)18-10-4-3-5-11-18/h3-15H,16,24H2,1-2H3,(H2,25,26,27). The number of para-hydroxylation sites is 1. The van der Waals surface area contributed by atoms with E-state index in [0.717, 1.165) is 34.5 Å². The second-order valence-electron chi connectivity index (χ2n) is 7.36. The average molecular weight is 359 g/mol. The summed E-state index contributed by atoms with van der Waals surface area (Å²) >= 11 is 0. The van der Waals surface area contributed by atoms with Gasteiger partial charge in [0.05, 0.1) is 5.69 Å². The second-order valence-corrected chi connectivity index (χ2v) is 7.36. The highest BCUT2D eigenvalue weighted by atomic mass is 16.2. The summed E-state index contributed by atoms with van der Waals surface area (Å²) in [6, 6.07) is 25.2. The van der Waals surface area contributed by atoms with Gasteiger partial charge in [-0.3, -0.25) is 0 Å². The monoisotopic (exact) mass is 359 g/mol. The van der Waals surface area contributed by atoms with E-state index in [4.69, 9.17) is 5.73 Å². The molecule has 0 saturated heterocycles. The zero-order valence-electron chi connectivity index (χ0n) is 15.7. The van der Waals surface area contributed by atoms with Crippen LogP contribution >= 0.6 is 0 Å². The summed E-state index contributed by atoms with van der Waals surface area (Å²) in [7, 11) is 0. The number of anilines is 2. The molecular weight excluding hydrogens is 334 g/mol. The Labute approximate surface area is 160 Å². The Morgan fingerprint density at radius 2 is 1.59 bits per heavy atom. The van der Waals surface area contributed by atoms with Crippen molar-refractivity contribution in [3.8, 4) is 11.1 Å². The van der Waals surface area contributed by atoms with E-state index in [9.17, 15) is 4.79 Å². The highest BCUT2D eigenvalue weighted by molar-refractivity contribution is 6.02. The van der Waals surface area contributed by atoms with Crippen molar-refractivity contribution in [3.05, 3.63) is 84.4 Å². The van der Waals surface area contributed by atoms with Crippen LogP contribution in [0.25, 0.3) is 11.1 Å². The highest BCUT2D eigenvalue weighted by Crippen LogP contribution is 2.27. The fourth-order valence-corrected chi connectivity index (χ4v) is 3.03. The molecule has 27 heavy (non-hydrogen) atoms. The van der Waals surface area contributed by atoms with Crippen molar-refractivity contribution in [2.75, 3.05) is 10.6 Å². The Bertz CT molecular complexity index is 914. The van der Waals surface area contributed by atoms with Gasteiger partial charge in [0.25, 0.3) is 0 Å². The minimum Gasteiger partial charge on any atom is -0.325 e. The van der Waals surface area contributed by atoms with Gasteiger partial charge in [0, 0.05) is 16.8 Å². The van der Waals surface area contributed by atoms with Crippen molar-refractivity contribution in [1.29, 1.82) is 0 Å². The Hall–Kier alpha value is -3.11. The van der Waals surface area contributed by atoms with Gasteiger partial charge >= 0.3 is 6.03 Å². The number of hydrogen-bond acceptors (Lipinski definition) is 2. The molecule has 0 aliphatic rings. The number of benzene rings is 3. The number of nitrogens with one attached hydrogen (secondary N) is 2. The predicted octanol–water partition coefficient (Wildman–Crippen LogP) is 5.28. The molecule has 3 aromatic rings. The number of urea groups is 1. The van der Waals surface area contributed by atoms with E-state index in [1.807, 2.05) is 92.7 Å². The quantitative estimate of drug-likeness (QED) is 0.580. The van der Waals surface area contributed by atoms with Gasteiger partial charge in [0.1, 0.15) is 0 Å². The molecule has 0 unspecified atom stereocenters. The number of rotatable bonds is 5. The van der Waals surface area contributed by atoms with E-state index >= 15 is 0 Å². The summed E-state index contributed by atoms with van der Waals surface area (Å²) in [4.78, 5) is 12.5. The summed E-state index contributed by atoms with van der Waals surface area (Å²) in [5.41, 5.74) is 10.4. The van der Waals surface area contributed by atoms with E-state index in [1.54, 1.807) is 0 Å². The zero-order valence-corrected chi connectivity index (χ0v) is 15.7. The van der Waals surface area contributed by atoms with Crippen molar-refractivity contribution in [2.45, 2.75) is 25.8 Å². The molecule has 0 aliphatic heterocycles. The summed E-state index contributed by atoms with van der Waals surface area (Å²) in [6.07, 6.45) is 0.737. The molecule has 0 aromatic heterocycles. The summed E-state index contributed by atoms with van der Waals surface area (Å²) in [6.45, 7) is 3.97. The predicted molar refractivity (Wildman–Crippen MR) is 113 cm³/mol. The zero-order chi connectivity index (χ0) is 19.3. The molecule has 3 rings (SSSR count). The van der Waals surface area contributed by atoms with Crippen molar-refractivity contribution in [3.63, 3.8) is 0 Å². The third kappa shape index (κ3) is 5.43. The number of nitrogens with two attached hydrogens (primary N) is 1. The maximum Gasteiger partial charge on any atom is 0.323 e. The summed E-state index contributed by atoms with van der Waals surface area (Å²) in [5, 5.41) is 5.85. The van der Waals surface area contributed by atoms with Gasteiger partial charge in [-0.25, -0.2) is 4.79 Å². The normalized spacial score (nSPS) is 11.1. The first kappa shape index (κ1) is 18.7. The molecule has 4 nitrogen and oxygen atoms in total. The van der Waals surface area contributed by atoms with Crippen LogP contribution in [0.3, 0.4) is 0 Å². The van der Waals surface area contributed by atoms with E-state index in [1.165, 1.54) is 0 Å². The maximum absolute atomic E-state index is 12.5. The Morgan fingerprint density at radius 3 is 2.33 bits per heavy atom. The van der Waals surface area contributed by atoms with Crippen molar-refractivity contribution >= 4 is 17.4 Å². The first-order valence-corrected chi connectivity index (χ1v) is 9.01. The molecule has 0 atom stereocenters. The molecule has 2 amide bonds. The molecule has 138 valence electrons. The molecule has 0 spiro atoms. The molecule has 3 aromatic carbocycles. The lowest BCUT2D eigenvalue weighted by Gasteiger charge is -2.19. The first-order valence-electron chi connectivity index (χ1n) is 9.01. The number of hydrogen-bond donors (Lipinski definition) is 3. The van der Waals surface area contributed by atoms with E-state index in [-0.39, 0.29) is 11.6 Å². The fraction of sp³-hybridized carbons (Fsp3) is 0.174. The lowest BCUT2D eigenvalue weighted by molar-refractivity contribution is 0.262. The number of carbonyl (C=O) groups excluding carboxylic acids is 1. The molecule has 4 heteroatoms. The lowest BCUT2D eigenvalue weighted by Crippen LogP contribution is -2.34. The van der Waals surface area contributed by atoms with Crippen LogP contribution in [0, 0.1) is 0 Å². The number of carbonyl (C=O) groups is 1. The molecular formula is C23H25N3O. The smallest absolute Gasteiger partial charge is 0.323 e. The Kier molecular flexibility index (Phi) is 5.57. The first-order chi connectivity index (χ1) is 12.9. The fourth-order valence-electron chi connectivity index (χ4n) is 3.03. The molecule has 0 aliphatic carbocycles. The van der Waals surface area contributed by atoms with Gasteiger partial charge in [-0.15, -0.1) is 0 Å². The van der Waals surface area contributed by atoms with Gasteiger partial charge in [0.15, 0.2) is 0 Å². The summed E-state index contributed by atoms with van der Waals surface area (Å²) in [5.74, 6) is 0. The van der Waals surface area contributed by atoms with Crippen molar-refractivity contribution < 1.29 is 4.79 Å². The Balaban J connectivity index is 1.73. The minimum absolute atomic E-state index is 0.275. The van der Waals surface area contributed by atoms with Gasteiger partial charge in [0.2, 0.25) is 0 Å². The van der Waals surface area contributed by atoms with Gasteiger partial charge in [-0.1, -0.05) is 60.7 Å². The number of amides is 2. The molecule has 0 fully saturated rings. The minimum atomic E-state index is -0.296. The lowest BCUT2D eigenvalue weighted by atomic mass is 9.96. The van der Waals surface area contributed by atoms with Gasteiger partial charge in [-0.05, 0) is 49.6 Å². The van der Waals surface area contributed by atoms with Crippen LogP contribution in [0.2, 0.25) is 0 Å². The third-order valence-corrected chi connectivity index (χ3v) is 4.10. The third-order valence-electron chi connectivity index (χ3n) is 4.10. The summed E-state index contributed by atoms with van der Waals surface area (Å²) < 4.78 is 0. The van der Waals surface area contributed by atoms with E-state index < -0.39 is 0 Å². The maximum atomic E-state index is 12.5. The molecule has 4 N–H and O–H groups in total. The van der Waals surface area contributed by atoms with E-state index in [2.05, 4.69) is 10.6 Å². The van der Waals surface area contributed by atoms with Gasteiger partial charge in [-0.2, -0.15) is 0 Å². The average Bonchev–Trinajstić information content (AvgIpc) is 2.61. The largest absolute Gasteiger partial charge is 0.325 e. The molecule has 0 bridgehead atoms.